The molecule has 2 heterocycles. The molecule has 1 aliphatic heterocycles. The van der Waals surface area contributed by atoms with Crippen molar-refractivity contribution in [1.82, 2.24) is 10.6 Å². The molecule has 0 bridgehead atoms. The summed E-state index contributed by atoms with van der Waals surface area (Å²) >= 11 is 1.65. The summed E-state index contributed by atoms with van der Waals surface area (Å²) in [4.78, 5) is 27.0. The van der Waals surface area contributed by atoms with Gasteiger partial charge in [-0.3, -0.25) is 4.79 Å². The fraction of sp³-hybridized carbons (Fsp3) is 0.368. The summed E-state index contributed by atoms with van der Waals surface area (Å²) in [5, 5.41) is 7.93. The Morgan fingerprint density at radius 1 is 1.32 bits per heavy atom. The van der Waals surface area contributed by atoms with Crippen molar-refractivity contribution < 1.29 is 9.59 Å². The zero-order chi connectivity index (χ0) is 17.6. The van der Waals surface area contributed by atoms with E-state index < -0.39 is 0 Å². The number of nitrogens with one attached hydrogen (secondary N) is 2. The maximum absolute atomic E-state index is 12.2. The highest BCUT2D eigenvalue weighted by Gasteiger charge is 2.21. The van der Waals surface area contributed by atoms with Crippen LogP contribution in [0, 0.1) is 0 Å². The van der Waals surface area contributed by atoms with Crippen molar-refractivity contribution in [1.29, 1.82) is 0 Å². The Hall–Kier alpha value is -2.34. The molecule has 0 spiro atoms. The van der Waals surface area contributed by atoms with E-state index in [2.05, 4.69) is 17.6 Å². The third-order valence-corrected chi connectivity index (χ3v) is 5.33. The summed E-state index contributed by atoms with van der Waals surface area (Å²) in [5.74, 6) is 0.171. The van der Waals surface area contributed by atoms with Gasteiger partial charge in [0.2, 0.25) is 5.91 Å². The molecule has 2 N–H and O–H groups in total. The van der Waals surface area contributed by atoms with E-state index in [9.17, 15) is 9.59 Å². The van der Waals surface area contributed by atoms with Crippen molar-refractivity contribution in [3.63, 3.8) is 0 Å². The largest absolute Gasteiger partial charge is 0.334 e. The van der Waals surface area contributed by atoms with Crippen LogP contribution in [0.25, 0.3) is 0 Å². The standard InChI is InChI=1S/C19H23N3O2S/c1-2-16(17-8-5-11-25-17)21-19(24)20-13-14-6-3-7-15(12-14)22-10-4-9-18(22)23/h3,5-8,11-12,16H,2,4,9-10,13H2,1H3,(H2,20,21,24). The van der Waals surface area contributed by atoms with Crippen molar-refractivity contribution in [2.45, 2.75) is 38.8 Å². The lowest BCUT2D eigenvalue weighted by atomic mass is 10.2. The first-order chi connectivity index (χ1) is 12.2. The molecule has 1 unspecified atom stereocenters. The predicted octanol–water partition coefficient (Wildman–Crippen LogP) is 3.83. The molecule has 1 aliphatic rings. The van der Waals surface area contributed by atoms with Crippen molar-refractivity contribution in [3.05, 3.63) is 52.2 Å². The molecular formula is C19H23N3O2S. The van der Waals surface area contributed by atoms with Crippen LogP contribution in [-0.2, 0) is 11.3 Å². The minimum absolute atomic E-state index is 0.0357. The lowest BCUT2D eigenvalue weighted by Crippen LogP contribution is -2.37. The topological polar surface area (TPSA) is 61.4 Å². The molecule has 0 radical (unpaired) electrons. The second-order valence-corrected chi connectivity index (χ2v) is 7.10. The normalized spacial score (nSPS) is 15.2. The number of anilines is 1. The number of thiophene rings is 1. The highest BCUT2D eigenvalue weighted by molar-refractivity contribution is 7.10. The van der Waals surface area contributed by atoms with E-state index in [1.165, 1.54) is 0 Å². The quantitative estimate of drug-likeness (QED) is 0.825. The molecule has 2 aromatic rings. The fourth-order valence-electron chi connectivity index (χ4n) is 3.01. The third-order valence-electron chi connectivity index (χ3n) is 4.35. The van der Waals surface area contributed by atoms with Gasteiger partial charge >= 0.3 is 6.03 Å². The Morgan fingerprint density at radius 2 is 2.20 bits per heavy atom. The molecule has 1 fully saturated rings. The van der Waals surface area contributed by atoms with Crippen LogP contribution in [-0.4, -0.2) is 18.5 Å². The molecule has 3 rings (SSSR count). The summed E-state index contributed by atoms with van der Waals surface area (Å²) in [5.41, 5.74) is 1.89. The minimum atomic E-state index is -0.178. The zero-order valence-corrected chi connectivity index (χ0v) is 15.1. The fourth-order valence-corrected chi connectivity index (χ4v) is 3.87. The summed E-state index contributed by atoms with van der Waals surface area (Å²) in [6.07, 6.45) is 2.37. The minimum Gasteiger partial charge on any atom is -0.334 e. The average molecular weight is 357 g/mol. The first-order valence-electron chi connectivity index (χ1n) is 8.64. The summed E-state index contributed by atoms with van der Waals surface area (Å²) in [7, 11) is 0. The number of carbonyl (C=O) groups is 2. The van der Waals surface area contributed by atoms with Crippen molar-refractivity contribution in [3.8, 4) is 0 Å². The monoisotopic (exact) mass is 357 g/mol. The van der Waals surface area contributed by atoms with Gasteiger partial charge in [0, 0.05) is 30.1 Å². The van der Waals surface area contributed by atoms with Crippen LogP contribution < -0.4 is 15.5 Å². The van der Waals surface area contributed by atoms with E-state index in [1.807, 2.05) is 46.7 Å². The number of nitrogens with zero attached hydrogens (tertiary/aromatic N) is 1. The van der Waals surface area contributed by atoms with Crippen LogP contribution >= 0.6 is 11.3 Å². The van der Waals surface area contributed by atoms with Crippen LogP contribution in [0.15, 0.2) is 41.8 Å². The van der Waals surface area contributed by atoms with E-state index in [0.717, 1.165) is 35.5 Å². The molecule has 5 nitrogen and oxygen atoms in total. The number of carbonyl (C=O) groups excluding carboxylic acids is 2. The Kier molecular flexibility index (Phi) is 5.71. The number of urea groups is 1. The van der Waals surface area contributed by atoms with Gasteiger partial charge in [-0.15, -0.1) is 11.3 Å². The van der Waals surface area contributed by atoms with Gasteiger partial charge in [0.25, 0.3) is 0 Å². The lowest BCUT2D eigenvalue weighted by Gasteiger charge is -2.18. The summed E-state index contributed by atoms with van der Waals surface area (Å²) in [6.45, 7) is 3.26. The van der Waals surface area contributed by atoms with Crippen molar-refractivity contribution in [2.24, 2.45) is 0 Å². The molecule has 1 saturated heterocycles. The predicted molar refractivity (Wildman–Crippen MR) is 101 cm³/mol. The molecule has 25 heavy (non-hydrogen) atoms. The van der Waals surface area contributed by atoms with Crippen molar-refractivity contribution in [2.75, 3.05) is 11.4 Å². The molecule has 0 aliphatic carbocycles. The van der Waals surface area contributed by atoms with Gasteiger partial charge in [0.05, 0.1) is 6.04 Å². The highest BCUT2D eigenvalue weighted by Crippen LogP contribution is 2.23. The smallest absolute Gasteiger partial charge is 0.315 e. The highest BCUT2D eigenvalue weighted by atomic mass is 32.1. The van der Waals surface area contributed by atoms with Gasteiger partial charge < -0.3 is 15.5 Å². The molecular weight excluding hydrogens is 334 g/mol. The number of rotatable bonds is 6. The molecule has 1 aromatic heterocycles. The van der Waals surface area contributed by atoms with Crippen LogP contribution in [0.2, 0.25) is 0 Å². The molecule has 3 amide bonds. The van der Waals surface area contributed by atoms with Gasteiger partial charge in [-0.25, -0.2) is 4.79 Å². The van der Waals surface area contributed by atoms with E-state index in [0.29, 0.717) is 13.0 Å². The Bertz CT molecular complexity index is 730. The van der Waals surface area contributed by atoms with Crippen molar-refractivity contribution >= 4 is 29.0 Å². The van der Waals surface area contributed by atoms with Crippen LogP contribution in [0.4, 0.5) is 10.5 Å². The maximum Gasteiger partial charge on any atom is 0.315 e. The lowest BCUT2D eigenvalue weighted by molar-refractivity contribution is -0.117. The molecule has 0 saturated carbocycles. The second-order valence-electron chi connectivity index (χ2n) is 6.12. The Balaban J connectivity index is 1.56. The van der Waals surface area contributed by atoms with E-state index in [1.54, 1.807) is 11.3 Å². The van der Waals surface area contributed by atoms with Crippen LogP contribution in [0.5, 0.6) is 0 Å². The van der Waals surface area contributed by atoms with Gasteiger partial charge in [0.1, 0.15) is 0 Å². The summed E-state index contributed by atoms with van der Waals surface area (Å²) < 4.78 is 0. The van der Waals surface area contributed by atoms with Gasteiger partial charge in [-0.1, -0.05) is 25.1 Å². The van der Waals surface area contributed by atoms with E-state index >= 15 is 0 Å². The van der Waals surface area contributed by atoms with Crippen LogP contribution in [0.3, 0.4) is 0 Å². The third kappa shape index (κ3) is 4.39. The average Bonchev–Trinajstić information content (AvgIpc) is 3.30. The Morgan fingerprint density at radius 3 is 2.88 bits per heavy atom. The number of hydrogen-bond donors (Lipinski definition) is 2. The summed E-state index contributed by atoms with van der Waals surface area (Å²) in [6, 6.07) is 11.7. The molecule has 6 heteroatoms. The number of amides is 3. The zero-order valence-electron chi connectivity index (χ0n) is 14.3. The first kappa shape index (κ1) is 17.5. The first-order valence-corrected chi connectivity index (χ1v) is 9.52. The molecule has 1 aromatic carbocycles. The SMILES string of the molecule is CCC(NC(=O)NCc1cccc(N2CCCC2=O)c1)c1cccs1. The number of hydrogen-bond acceptors (Lipinski definition) is 3. The molecule has 1 atom stereocenters. The maximum atomic E-state index is 12.2. The second kappa shape index (κ2) is 8.16. The van der Waals surface area contributed by atoms with Gasteiger partial charge in [-0.05, 0) is 42.0 Å². The van der Waals surface area contributed by atoms with Gasteiger partial charge in [-0.2, -0.15) is 0 Å². The number of benzene rings is 1. The Labute approximate surface area is 152 Å². The molecule has 132 valence electrons. The van der Waals surface area contributed by atoms with E-state index in [4.69, 9.17) is 0 Å². The van der Waals surface area contributed by atoms with E-state index in [-0.39, 0.29) is 18.0 Å². The van der Waals surface area contributed by atoms with Crippen LogP contribution in [0.1, 0.15) is 42.7 Å². The van der Waals surface area contributed by atoms with Gasteiger partial charge in [0.15, 0.2) is 0 Å².